The molecule has 13 aromatic rings. The lowest BCUT2D eigenvalue weighted by molar-refractivity contribution is 0.667. The van der Waals surface area contributed by atoms with Crippen molar-refractivity contribution in [3.05, 3.63) is 200 Å². The molecule has 0 saturated carbocycles. The predicted octanol–water partition coefficient (Wildman–Crippen LogP) is 14.4. The summed E-state index contributed by atoms with van der Waals surface area (Å²) in [7, 11) is 0. The zero-order valence-electron chi connectivity index (χ0n) is 33.2. The molecule has 0 aliphatic heterocycles. The third-order valence-electron chi connectivity index (χ3n) is 12.3. The largest absolute Gasteiger partial charge is 0.454 e. The number of aromatic nitrogens is 5. The highest BCUT2D eigenvalue weighted by molar-refractivity contribution is 6.19. The average molecular weight is 792 g/mol. The maximum atomic E-state index is 6.28. The highest BCUT2D eigenvalue weighted by Crippen LogP contribution is 2.40. The summed E-state index contributed by atoms with van der Waals surface area (Å²) < 4.78 is 8.69. The van der Waals surface area contributed by atoms with Crippen LogP contribution in [0.5, 0.6) is 0 Å². The molecular formula is C56H33N5O. The Morgan fingerprint density at radius 3 is 1.89 bits per heavy atom. The fourth-order valence-corrected chi connectivity index (χ4v) is 9.49. The first-order valence-electron chi connectivity index (χ1n) is 20.8. The van der Waals surface area contributed by atoms with Gasteiger partial charge in [-0.15, -0.1) is 0 Å². The van der Waals surface area contributed by atoms with Gasteiger partial charge in [-0.1, -0.05) is 152 Å². The Morgan fingerprint density at radius 1 is 0.371 bits per heavy atom. The first-order chi connectivity index (χ1) is 30.7. The van der Waals surface area contributed by atoms with Gasteiger partial charge in [0, 0.05) is 55.5 Å². The van der Waals surface area contributed by atoms with E-state index in [0.29, 0.717) is 23.1 Å². The van der Waals surface area contributed by atoms with Crippen LogP contribution in [-0.2, 0) is 0 Å². The minimum absolute atomic E-state index is 0.526. The standard InChI is InChI=1S/C56H33N5O/c1-4-20-41-34(13-1)27-28-45-44-23-7-9-25-49(44)61(53(41)45)39-18-12-16-36(30-39)35-15-11-17-38(29-35)54-58-55(47-31-37-14-2-3-19-40(37)42-21-5-6-22-43(42)47)60-56(59-54)48-32-57-33-51-52(48)46-24-8-10-26-50(46)62-51/h1-33H. The van der Waals surface area contributed by atoms with Crippen molar-refractivity contribution in [1.82, 2.24) is 24.5 Å². The van der Waals surface area contributed by atoms with E-state index in [9.17, 15) is 0 Å². The van der Waals surface area contributed by atoms with E-state index in [4.69, 9.17) is 19.4 Å². The van der Waals surface area contributed by atoms with Crippen LogP contribution in [0.3, 0.4) is 0 Å². The second-order valence-electron chi connectivity index (χ2n) is 15.8. The molecule has 6 heteroatoms. The van der Waals surface area contributed by atoms with Crippen LogP contribution in [-0.4, -0.2) is 24.5 Å². The summed E-state index contributed by atoms with van der Waals surface area (Å²) in [6.45, 7) is 0. The van der Waals surface area contributed by atoms with Crippen molar-refractivity contribution in [2.75, 3.05) is 0 Å². The Hall–Kier alpha value is -8.48. The van der Waals surface area contributed by atoms with E-state index in [2.05, 4.69) is 179 Å². The molecule has 0 radical (unpaired) electrons. The maximum absolute atomic E-state index is 6.28. The van der Waals surface area contributed by atoms with Crippen LogP contribution in [0.25, 0.3) is 127 Å². The van der Waals surface area contributed by atoms with E-state index >= 15 is 0 Å². The van der Waals surface area contributed by atoms with E-state index < -0.39 is 0 Å². The second-order valence-corrected chi connectivity index (χ2v) is 15.8. The summed E-state index contributed by atoms with van der Waals surface area (Å²) >= 11 is 0. The van der Waals surface area contributed by atoms with Crippen LogP contribution in [0.2, 0.25) is 0 Å². The van der Waals surface area contributed by atoms with Gasteiger partial charge in [0.1, 0.15) is 5.58 Å². The van der Waals surface area contributed by atoms with Crippen molar-refractivity contribution in [2.45, 2.75) is 0 Å². The van der Waals surface area contributed by atoms with Gasteiger partial charge in [-0.2, -0.15) is 0 Å². The molecule has 9 aromatic carbocycles. The van der Waals surface area contributed by atoms with Crippen LogP contribution in [0.4, 0.5) is 0 Å². The van der Waals surface area contributed by atoms with Gasteiger partial charge in [0.25, 0.3) is 0 Å². The first-order valence-corrected chi connectivity index (χ1v) is 20.8. The number of nitrogens with zero attached hydrogens (tertiary/aromatic N) is 5. The van der Waals surface area contributed by atoms with Crippen molar-refractivity contribution < 1.29 is 4.42 Å². The minimum Gasteiger partial charge on any atom is -0.454 e. The van der Waals surface area contributed by atoms with Gasteiger partial charge in [-0.05, 0) is 74.5 Å². The summed E-state index contributed by atoms with van der Waals surface area (Å²) in [5.41, 5.74) is 9.68. The SMILES string of the molecule is c1cc(-c2cccc(-n3c4ccccc4c4ccc5ccccc5c43)c2)cc(-c2nc(-c3cc4ccccc4c4ccccc34)nc(-c3cncc4oc5ccccc5c34)n2)c1. The molecule has 0 aliphatic carbocycles. The van der Waals surface area contributed by atoms with Crippen molar-refractivity contribution in [1.29, 1.82) is 0 Å². The first kappa shape index (κ1) is 34.4. The lowest BCUT2D eigenvalue weighted by Gasteiger charge is -2.14. The molecule has 0 unspecified atom stereocenters. The van der Waals surface area contributed by atoms with E-state index in [-0.39, 0.29) is 0 Å². The van der Waals surface area contributed by atoms with Crippen LogP contribution >= 0.6 is 0 Å². The molecule has 6 nitrogen and oxygen atoms in total. The Balaban J connectivity index is 1.02. The van der Waals surface area contributed by atoms with Gasteiger partial charge < -0.3 is 8.98 Å². The number of hydrogen-bond donors (Lipinski definition) is 0. The van der Waals surface area contributed by atoms with Crippen molar-refractivity contribution in [2.24, 2.45) is 0 Å². The Kier molecular flexibility index (Phi) is 7.50. The Morgan fingerprint density at radius 2 is 1.02 bits per heavy atom. The summed E-state index contributed by atoms with van der Waals surface area (Å²) in [5.74, 6) is 1.68. The summed E-state index contributed by atoms with van der Waals surface area (Å²) in [6, 6.07) is 66.4. The van der Waals surface area contributed by atoms with Gasteiger partial charge in [0.05, 0.1) is 17.2 Å². The lowest BCUT2D eigenvalue weighted by Crippen LogP contribution is -2.01. The molecule has 0 N–H and O–H groups in total. The van der Waals surface area contributed by atoms with Crippen LogP contribution in [0.15, 0.2) is 205 Å². The molecule has 0 atom stereocenters. The van der Waals surface area contributed by atoms with Gasteiger partial charge in [0.2, 0.25) is 0 Å². The number of rotatable bonds is 5. The van der Waals surface area contributed by atoms with Gasteiger partial charge >= 0.3 is 0 Å². The van der Waals surface area contributed by atoms with E-state index in [0.717, 1.165) is 66.0 Å². The molecule has 0 fully saturated rings. The number of pyridine rings is 1. The number of benzene rings is 9. The predicted molar refractivity (Wildman–Crippen MR) is 254 cm³/mol. The number of furan rings is 1. The molecule has 13 rings (SSSR count). The number of hydrogen-bond acceptors (Lipinski definition) is 5. The van der Waals surface area contributed by atoms with Gasteiger partial charge in [0.15, 0.2) is 23.1 Å². The average Bonchev–Trinajstić information content (AvgIpc) is 3.90. The number of para-hydroxylation sites is 2. The Bertz CT molecular complexity index is 3960. The number of fused-ring (bicyclic) bond motifs is 11. The van der Waals surface area contributed by atoms with E-state index in [1.807, 2.05) is 24.4 Å². The lowest BCUT2D eigenvalue weighted by atomic mass is 9.96. The highest BCUT2D eigenvalue weighted by Gasteiger charge is 2.21. The van der Waals surface area contributed by atoms with Crippen molar-refractivity contribution in [3.8, 4) is 51.0 Å². The maximum Gasteiger partial charge on any atom is 0.166 e. The van der Waals surface area contributed by atoms with Crippen LogP contribution < -0.4 is 0 Å². The molecule has 0 aliphatic rings. The van der Waals surface area contributed by atoms with E-state index in [1.54, 1.807) is 6.20 Å². The van der Waals surface area contributed by atoms with Gasteiger partial charge in [-0.25, -0.2) is 15.0 Å². The van der Waals surface area contributed by atoms with Gasteiger partial charge in [-0.3, -0.25) is 4.98 Å². The van der Waals surface area contributed by atoms with Crippen LogP contribution in [0.1, 0.15) is 0 Å². The summed E-state index contributed by atoms with van der Waals surface area (Å²) in [5, 5.41) is 11.3. The Labute approximate surface area is 355 Å². The summed E-state index contributed by atoms with van der Waals surface area (Å²) in [6.07, 6.45) is 3.60. The van der Waals surface area contributed by atoms with Crippen molar-refractivity contribution >= 4 is 76.1 Å². The monoisotopic (exact) mass is 791 g/mol. The van der Waals surface area contributed by atoms with Crippen molar-refractivity contribution in [3.63, 3.8) is 0 Å². The zero-order chi connectivity index (χ0) is 40.7. The molecule has 4 heterocycles. The molecule has 288 valence electrons. The third-order valence-corrected chi connectivity index (χ3v) is 12.3. The topological polar surface area (TPSA) is 69.6 Å². The smallest absolute Gasteiger partial charge is 0.166 e. The molecular weight excluding hydrogens is 759 g/mol. The van der Waals surface area contributed by atoms with E-state index in [1.165, 1.54) is 38.0 Å². The molecule has 0 amide bonds. The highest BCUT2D eigenvalue weighted by atomic mass is 16.3. The summed E-state index contributed by atoms with van der Waals surface area (Å²) in [4.78, 5) is 20.5. The molecule has 0 saturated heterocycles. The molecule has 4 aromatic heterocycles. The normalized spacial score (nSPS) is 11.9. The van der Waals surface area contributed by atoms with Crippen LogP contribution in [0, 0.1) is 0 Å². The third kappa shape index (κ3) is 5.30. The molecule has 0 bridgehead atoms. The molecule has 62 heavy (non-hydrogen) atoms. The second kappa shape index (κ2) is 13.5. The zero-order valence-corrected chi connectivity index (χ0v) is 33.2. The fraction of sp³-hybridized carbons (Fsp3) is 0. The molecule has 0 spiro atoms. The quantitative estimate of drug-likeness (QED) is 0.162. The fourth-order valence-electron chi connectivity index (χ4n) is 9.49. The minimum atomic E-state index is 0.526.